The minimum absolute atomic E-state index is 0.0718. The van der Waals surface area contributed by atoms with Gasteiger partial charge < -0.3 is 9.90 Å². The number of hydrogen-bond donors (Lipinski definition) is 1. The van der Waals surface area contributed by atoms with Crippen molar-refractivity contribution in [3.63, 3.8) is 0 Å². The van der Waals surface area contributed by atoms with Crippen molar-refractivity contribution in [3.05, 3.63) is 28.3 Å². The highest BCUT2D eigenvalue weighted by atomic mass is 35.5. The highest BCUT2D eigenvalue weighted by Gasteiger charge is 2.06. The van der Waals surface area contributed by atoms with E-state index < -0.39 is 0 Å². The Morgan fingerprint density at radius 1 is 1.40 bits per heavy atom. The molecule has 0 atom stereocenters. The predicted molar refractivity (Wildman–Crippen MR) is 56.1 cm³/mol. The van der Waals surface area contributed by atoms with Crippen LogP contribution in [0.2, 0.25) is 5.02 Å². The van der Waals surface area contributed by atoms with Gasteiger partial charge >= 0.3 is 0 Å². The van der Waals surface area contributed by atoms with E-state index in [9.17, 15) is 14.7 Å². The molecule has 0 fully saturated rings. The van der Waals surface area contributed by atoms with Crippen LogP contribution in [-0.4, -0.2) is 17.7 Å². The van der Waals surface area contributed by atoms with E-state index in [0.717, 1.165) is 0 Å². The molecule has 0 unspecified atom stereocenters. The Bertz CT molecular complexity index is 455. The van der Waals surface area contributed by atoms with Gasteiger partial charge in [-0.05, 0) is 12.1 Å². The number of carbonyl (C=O) groups is 2. The molecule has 0 spiro atoms. The van der Waals surface area contributed by atoms with Gasteiger partial charge in [-0.25, -0.2) is 0 Å². The molecule has 0 bridgehead atoms. The molecule has 0 aromatic heterocycles. The Morgan fingerprint density at radius 3 is 2.73 bits per heavy atom. The maximum Gasteiger partial charge on any atom is 0.153 e. The van der Waals surface area contributed by atoms with Crippen molar-refractivity contribution in [3.8, 4) is 17.6 Å². The van der Waals surface area contributed by atoms with Gasteiger partial charge in [0.25, 0.3) is 0 Å². The fraction of sp³-hybridized carbons (Fsp3) is 0.0909. The smallest absolute Gasteiger partial charge is 0.153 e. The summed E-state index contributed by atoms with van der Waals surface area (Å²) < 4.78 is 0. The van der Waals surface area contributed by atoms with Gasteiger partial charge in [-0.15, -0.1) is 0 Å². The van der Waals surface area contributed by atoms with Crippen molar-refractivity contribution in [2.24, 2.45) is 0 Å². The minimum Gasteiger partial charge on any atom is -0.506 e. The lowest BCUT2D eigenvalue weighted by Crippen LogP contribution is -1.86. The predicted octanol–water partition coefficient (Wildman–Crippen LogP) is 1.80. The summed E-state index contributed by atoms with van der Waals surface area (Å²) in [5.74, 6) is 4.86. The molecule has 1 N–H and O–H groups in total. The number of halogens is 1. The third-order valence-corrected chi connectivity index (χ3v) is 1.86. The zero-order chi connectivity index (χ0) is 11.3. The van der Waals surface area contributed by atoms with Crippen LogP contribution in [0.25, 0.3) is 0 Å². The normalized spacial score (nSPS) is 8.87. The average molecular weight is 223 g/mol. The van der Waals surface area contributed by atoms with Gasteiger partial charge in [-0.1, -0.05) is 23.4 Å². The summed E-state index contributed by atoms with van der Waals surface area (Å²) in [6.07, 6.45) is 1.21. The van der Waals surface area contributed by atoms with Crippen LogP contribution in [0.15, 0.2) is 12.1 Å². The standard InChI is InChI=1S/C11H7ClO3/c12-10-5-8(3-1-2-4-13)11(15)9(6-10)7-14/h4-7,15H,2H2. The van der Waals surface area contributed by atoms with Crippen molar-refractivity contribution in [1.82, 2.24) is 0 Å². The van der Waals surface area contributed by atoms with Crippen LogP contribution in [0.5, 0.6) is 5.75 Å². The van der Waals surface area contributed by atoms with E-state index in [2.05, 4.69) is 11.8 Å². The topological polar surface area (TPSA) is 54.4 Å². The number of aldehydes is 2. The number of benzene rings is 1. The minimum atomic E-state index is -0.215. The van der Waals surface area contributed by atoms with Gasteiger partial charge in [0.05, 0.1) is 17.5 Å². The van der Waals surface area contributed by atoms with Crippen LogP contribution in [0.4, 0.5) is 0 Å². The first-order valence-electron chi connectivity index (χ1n) is 4.09. The zero-order valence-electron chi connectivity index (χ0n) is 7.66. The molecular weight excluding hydrogens is 216 g/mol. The second-order valence-electron chi connectivity index (χ2n) is 2.68. The lowest BCUT2D eigenvalue weighted by Gasteiger charge is -2.00. The van der Waals surface area contributed by atoms with Crippen LogP contribution < -0.4 is 0 Å². The average Bonchev–Trinajstić information content (AvgIpc) is 2.23. The highest BCUT2D eigenvalue weighted by molar-refractivity contribution is 6.31. The molecule has 0 radical (unpaired) electrons. The third-order valence-electron chi connectivity index (χ3n) is 1.64. The first-order valence-corrected chi connectivity index (χ1v) is 4.47. The van der Waals surface area contributed by atoms with E-state index in [1.807, 2.05) is 0 Å². The Kier molecular flexibility index (Phi) is 3.90. The van der Waals surface area contributed by atoms with Crippen LogP contribution in [-0.2, 0) is 4.79 Å². The second-order valence-corrected chi connectivity index (χ2v) is 3.12. The molecule has 1 aromatic carbocycles. The molecule has 3 nitrogen and oxygen atoms in total. The lowest BCUT2D eigenvalue weighted by atomic mass is 10.1. The quantitative estimate of drug-likeness (QED) is 0.613. The number of carbonyl (C=O) groups excluding carboxylic acids is 2. The molecule has 0 saturated heterocycles. The maximum atomic E-state index is 10.5. The Morgan fingerprint density at radius 2 is 2.13 bits per heavy atom. The van der Waals surface area contributed by atoms with Crippen LogP contribution >= 0.6 is 11.6 Å². The van der Waals surface area contributed by atoms with Gasteiger partial charge in [0.1, 0.15) is 12.0 Å². The van der Waals surface area contributed by atoms with E-state index >= 15 is 0 Å². The highest BCUT2D eigenvalue weighted by Crippen LogP contribution is 2.25. The SMILES string of the molecule is O=CCC#Cc1cc(Cl)cc(C=O)c1O. The molecule has 0 aliphatic carbocycles. The van der Waals surface area contributed by atoms with Gasteiger partial charge in [0.15, 0.2) is 6.29 Å². The molecular formula is C11H7ClO3. The number of aromatic hydroxyl groups is 1. The van der Waals surface area contributed by atoms with Crippen molar-refractivity contribution in [1.29, 1.82) is 0 Å². The van der Waals surface area contributed by atoms with Gasteiger partial charge in [0, 0.05) is 5.02 Å². The van der Waals surface area contributed by atoms with E-state index in [0.29, 0.717) is 17.6 Å². The molecule has 76 valence electrons. The van der Waals surface area contributed by atoms with Crippen LogP contribution in [0.3, 0.4) is 0 Å². The van der Waals surface area contributed by atoms with Gasteiger partial charge in [-0.2, -0.15) is 0 Å². The Hall–Kier alpha value is -1.79. The zero-order valence-corrected chi connectivity index (χ0v) is 8.41. The van der Waals surface area contributed by atoms with Crippen LogP contribution in [0.1, 0.15) is 22.3 Å². The lowest BCUT2D eigenvalue weighted by molar-refractivity contribution is -0.107. The summed E-state index contributed by atoms with van der Waals surface area (Å²) in [4.78, 5) is 20.6. The Labute approximate surface area is 91.7 Å². The van der Waals surface area contributed by atoms with Crippen molar-refractivity contribution < 1.29 is 14.7 Å². The summed E-state index contributed by atoms with van der Waals surface area (Å²) in [5, 5.41) is 9.84. The molecule has 1 rings (SSSR count). The van der Waals surface area contributed by atoms with Gasteiger partial charge in [-0.3, -0.25) is 4.79 Å². The molecule has 4 heteroatoms. The largest absolute Gasteiger partial charge is 0.506 e. The molecule has 0 aliphatic heterocycles. The fourth-order valence-electron chi connectivity index (χ4n) is 0.993. The molecule has 0 amide bonds. The van der Waals surface area contributed by atoms with Crippen molar-refractivity contribution >= 4 is 24.2 Å². The van der Waals surface area contributed by atoms with E-state index in [-0.39, 0.29) is 23.3 Å². The second kappa shape index (κ2) is 5.18. The fourth-order valence-corrected chi connectivity index (χ4v) is 1.22. The van der Waals surface area contributed by atoms with Crippen molar-refractivity contribution in [2.45, 2.75) is 6.42 Å². The monoisotopic (exact) mass is 222 g/mol. The van der Waals surface area contributed by atoms with E-state index in [1.54, 1.807) is 0 Å². The van der Waals surface area contributed by atoms with Crippen LogP contribution in [0, 0.1) is 11.8 Å². The summed E-state index contributed by atoms with van der Waals surface area (Å²) in [7, 11) is 0. The maximum absolute atomic E-state index is 10.5. The number of hydrogen-bond acceptors (Lipinski definition) is 3. The number of phenolic OH excluding ortho intramolecular Hbond substituents is 1. The molecule has 0 aliphatic rings. The Balaban J connectivity index is 3.19. The van der Waals surface area contributed by atoms with E-state index in [4.69, 9.17) is 11.6 Å². The summed E-state index contributed by atoms with van der Waals surface area (Å²) in [6, 6.07) is 2.77. The first-order chi connectivity index (χ1) is 7.19. The summed E-state index contributed by atoms with van der Waals surface area (Å²) >= 11 is 5.71. The third kappa shape index (κ3) is 2.83. The number of rotatable bonds is 2. The molecule has 0 saturated carbocycles. The molecule has 15 heavy (non-hydrogen) atoms. The summed E-state index contributed by atoms with van der Waals surface area (Å²) in [5.41, 5.74) is 0.323. The van der Waals surface area contributed by atoms with E-state index in [1.165, 1.54) is 12.1 Å². The first kappa shape index (κ1) is 11.3. The summed E-state index contributed by atoms with van der Waals surface area (Å²) in [6.45, 7) is 0. The number of phenols is 1. The molecule has 0 heterocycles. The molecule has 1 aromatic rings. The van der Waals surface area contributed by atoms with Crippen molar-refractivity contribution in [2.75, 3.05) is 0 Å². The van der Waals surface area contributed by atoms with Gasteiger partial charge in [0.2, 0.25) is 0 Å².